The van der Waals surface area contributed by atoms with Crippen molar-refractivity contribution in [3.05, 3.63) is 58.9 Å². The van der Waals surface area contributed by atoms with Gasteiger partial charge in [0.25, 0.3) is 5.91 Å². The molecule has 1 amide bonds. The summed E-state index contributed by atoms with van der Waals surface area (Å²) in [6.07, 6.45) is -1.06. The summed E-state index contributed by atoms with van der Waals surface area (Å²) in [5.41, 5.74) is 0.510. The van der Waals surface area contributed by atoms with Crippen LogP contribution in [0.15, 0.2) is 42.5 Å². The minimum atomic E-state index is -1.06. The molecule has 1 atom stereocenters. The van der Waals surface area contributed by atoms with Crippen LogP contribution in [-0.4, -0.2) is 25.1 Å². The molecule has 0 saturated carbocycles. The fraction of sp³-hybridized carbons (Fsp3) is 0.176. The Morgan fingerprint density at radius 3 is 2.46 bits per heavy atom. The molecule has 0 saturated heterocycles. The van der Waals surface area contributed by atoms with E-state index in [2.05, 4.69) is 5.32 Å². The minimum Gasteiger partial charge on any atom is -0.495 e. The van der Waals surface area contributed by atoms with E-state index in [9.17, 15) is 14.0 Å². The molecule has 2 rings (SSSR count). The lowest BCUT2D eigenvalue weighted by molar-refractivity contribution is -0.123. The monoisotopic (exact) mass is 351 g/mol. The highest BCUT2D eigenvalue weighted by Gasteiger charge is 2.20. The fourth-order valence-electron chi connectivity index (χ4n) is 1.88. The smallest absolute Gasteiger partial charge is 0.338 e. The Kier molecular flexibility index (Phi) is 5.76. The first-order chi connectivity index (χ1) is 11.4. The summed E-state index contributed by atoms with van der Waals surface area (Å²) in [7, 11) is 1.46. The van der Waals surface area contributed by atoms with Crippen LogP contribution >= 0.6 is 11.6 Å². The molecule has 0 bridgehead atoms. The lowest BCUT2D eigenvalue weighted by Gasteiger charge is -2.15. The number of amides is 1. The first-order valence-electron chi connectivity index (χ1n) is 7.01. The Balaban J connectivity index is 2.03. The van der Waals surface area contributed by atoms with Gasteiger partial charge in [-0.1, -0.05) is 11.6 Å². The van der Waals surface area contributed by atoms with Gasteiger partial charge < -0.3 is 14.8 Å². The number of ether oxygens (including phenoxy) is 2. The van der Waals surface area contributed by atoms with Crippen molar-refractivity contribution < 1.29 is 23.5 Å². The highest BCUT2D eigenvalue weighted by atomic mass is 35.5. The molecule has 0 spiro atoms. The number of benzene rings is 2. The minimum absolute atomic E-state index is 0.149. The van der Waals surface area contributed by atoms with Gasteiger partial charge >= 0.3 is 5.97 Å². The Bertz CT molecular complexity index is 749. The van der Waals surface area contributed by atoms with E-state index in [1.807, 2.05) is 0 Å². The Hall–Kier alpha value is -2.60. The third kappa shape index (κ3) is 4.45. The van der Waals surface area contributed by atoms with E-state index in [1.54, 1.807) is 12.1 Å². The zero-order valence-corrected chi connectivity index (χ0v) is 13.8. The number of methoxy groups -OCH3 is 1. The number of halogens is 2. The second kappa shape index (κ2) is 7.79. The molecule has 1 unspecified atom stereocenters. The van der Waals surface area contributed by atoms with Crippen molar-refractivity contribution in [3.63, 3.8) is 0 Å². The molecule has 0 heterocycles. The second-order valence-corrected chi connectivity index (χ2v) is 5.32. The van der Waals surface area contributed by atoms with Gasteiger partial charge in [-0.2, -0.15) is 0 Å². The van der Waals surface area contributed by atoms with Crippen LogP contribution in [0, 0.1) is 5.82 Å². The van der Waals surface area contributed by atoms with E-state index >= 15 is 0 Å². The topological polar surface area (TPSA) is 64.6 Å². The molecule has 7 heteroatoms. The van der Waals surface area contributed by atoms with Crippen molar-refractivity contribution in [2.24, 2.45) is 0 Å². The third-order valence-electron chi connectivity index (χ3n) is 3.15. The van der Waals surface area contributed by atoms with Crippen LogP contribution in [0.1, 0.15) is 17.3 Å². The van der Waals surface area contributed by atoms with Gasteiger partial charge in [-0.3, -0.25) is 4.79 Å². The predicted molar refractivity (Wildman–Crippen MR) is 87.9 cm³/mol. The highest BCUT2D eigenvalue weighted by molar-refractivity contribution is 6.31. The Morgan fingerprint density at radius 1 is 1.17 bits per heavy atom. The van der Waals surface area contributed by atoms with Gasteiger partial charge in [-0.25, -0.2) is 9.18 Å². The maximum Gasteiger partial charge on any atom is 0.338 e. The van der Waals surface area contributed by atoms with E-state index in [-0.39, 0.29) is 5.56 Å². The molecule has 0 aliphatic carbocycles. The molecule has 24 heavy (non-hydrogen) atoms. The summed E-state index contributed by atoms with van der Waals surface area (Å²) in [6.45, 7) is 1.42. The summed E-state index contributed by atoms with van der Waals surface area (Å²) < 4.78 is 23.0. The van der Waals surface area contributed by atoms with Gasteiger partial charge in [-0.15, -0.1) is 0 Å². The first kappa shape index (κ1) is 17.7. The highest BCUT2D eigenvalue weighted by Crippen LogP contribution is 2.27. The van der Waals surface area contributed by atoms with E-state index in [0.29, 0.717) is 16.5 Å². The molecule has 1 N–H and O–H groups in total. The molecule has 0 aliphatic rings. The average Bonchev–Trinajstić information content (AvgIpc) is 2.55. The summed E-state index contributed by atoms with van der Waals surface area (Å²) in [5, 5.41) is 3.00. The van der Waals surface area contributed by atoms with Gasteiger partial charge in [0.1, 0.15) is 11.6 Å². The fourth-order valence-corrected chi connectivity index (χ4v) is 2.05. The van der Waals surface area contributed by atoms with Crippen LogP contribution in [0.4, 0.5) is 10.1 Å². The Labute approximate surface area is 143 Å². The Morgan fingerprint density at radius 2 is 1.83 bits per heavy atom. The van der Waals surface area contributed by atoms with Crippen molar-refractivity contribution in [3.8, 4) is 5.75 Å². The summed E-state index contributed by atoms with van der Waals surface area (Å²) >= 11 is 5.89. The quantitative estimate of drug-likeness (QED) is 0.835. The average molecular weight is 352 g/mol. The zero-order chi connectivity index (χ0) is 17.7. The van der Waals surface area contributed by atoms with E-state index in [1.165, 1.54) is 32.2 Å². The lowest BCUT2D eigenvalue weighted by atomic mass is 10.2. The molecule has 0 aliphatic heterocycles. The molecule has 2 aromatic rings. The SMILES string of the molecule is COc1ccc(Cl)cc1NC(=O)C(C)OC(=O)c1ccc(F)cc1. The molecule has 126 valence electrons. The van der Waals surface area contributed by atoms with E-state index in [4.69, 9.17) is 21.1 Å². The van der Waals surface area contributed by atoms with E-state index in [0.717, 1.165) is 12.1 Å². The number of esters is 1. The number of rotatable bonds is 5. The lowest BCUT2D eigenvalue weighted by Crippen LogP contribution is -2.30. The van der Waals surface area contributed by atoms with Gasteiger partial charge in [0.05, 0.1) is 18.4 Å². The van der Waals surface area contributed by atoms with Crippen molar-refractivity contribution >= 4 is 29.2 Å². The van der Waals surface area contributed by atoms with Crippen LogP contribution in [0.5, 0.6) is 5.75 Å². The van der Waals surface area contributed by atoms with Gasteiger partial charge in [0.15, 0.2) is 6.10 Å². The zero-order valence-electron chi connectivity index (χ0n) is 13.0. The van der Waals surface area contributed by atoms with Crippen LogP contribution in [-0.2, 0) is 9.53 Å². The van der Waals surface area contributed by atoms with Crippen molar-refractivity contribution in [2.45, 2.75) is 13.0 Å². The third-order valence-corrected chi connectivity index (χ3v) is 3.39. The van der Waals surface area contributed by atoms with Crippen molar-refractivity contribution in [1.29, 1.82) is 0 Å². The molecule has 2 aromatic carbocycles. The van der Waals surface area contributed by atoms with Gasteiger partial charge in [0.2, 0.25) is 0 Å². The van der Waals surface area contributed by atoms with Crippen LogP contribution in [0.2, 0.25) is 5.02 Å². The molecule has 0 fully saturated rings. The number of carbonyl (C=O) groups excluding carboxylic acids is 2. The molecule has 0 aromatic heterocycles. The summed E-state index contributed by atoms with van der Waals surface area (Å²) in [4.78, 5) is 24.1. The summed E-state index contributed by atoms with van der Waals surface area (Å²) in [6, 6.07) is 9.58. The molecular weight excluding hydrogens is 337 g/mol. The van der Waals surface area contributed by atoms with Gasteiger partial charge in [-0.05, 0) is 49.4 Å². The van der Waals surface area contributed by atoms with Crippen LogP contribution in [0.3, 0.4) is 0 Å². The second-order valence-electron chi connectivity index (χ2n) is 4.89. The van der Waals surface area contributed by atoms with Crippen LogP contribution < -0.4 is 10.1 Å². The van der Waals surface area contributed by atoms with Gasteiger partial charge in [0, 0.05) is 5.02 Å². The molecule has 5 nitrogen and oxygen atoms in total. The molecular formula is C17H15ClFNO4. The number of carbonyl (C=O) groups is 2. The number of hydrogen-bond acceptors (Lipinski definition) is 4. The largest absolute Gasteiger partial charge is 0.495 e. The first-order valence-corrected chi connectivity index (χ1v) is 7.39. The number of hydrogen-bond donors (Lipinski definition) is 1. The molecule has 0 radical (unpaired) electrons. The number of anilines is 1. The summed E-state index contributed by atoms with van der Waals surface area (Å²) in [5.74, 6) is -1.32. The standard InChI is InChI=1S/C17H15ClFNO4/c1-10(24-17(22)11-3-6-13(19)7-4-11)16(21)20-14-9-12(18)5-8-15(14)23-2/h3-10H,1-2H3,(H,20,21). The van der Waals surface area contributed by atoms with E-state index < -0.39 is 23.8 Å². The normalized spacial score (nSPS) is 11.5. The van der Waals surface area contributed by atoms with Crippen molar-refractivity contribution in [2.75, 3.05) is 12.4 Å². The maximum absolute atomic E-state index is 12.8. The van der Waals surface area contributed by atoms with Crippen molar-refractivity contribution in [1.82, 2.24) is 0 Å². The maximum atomic E-state index is 12.8. The number of nitrogens with one attached hydrogen (secondary N) is 1. The predicted octanol–water partition coefficient (Wildman–Crippen LogP) is 3.67. The van der Waals surface area contributed by atoms with Crippen LogP contribution in [0.25, 0.3) is 0 Å².